The third-order valence-electron chi connectivity index (χ3n) is 3.84. The summed E-state index contributed by atoms with van der Waals surface area (Å²) in [7, 11) is 0. The van der Waals surface area contributed by atoms with Gasteiger partial charge in [0.15, 0.2) is 12.4 Å². The monoisotopic (exact) mass is 274 g/mol. The van der Waals surface area contributed by atoms with E-state index in [1.54, 1.807) is 18.2 Å². The smallest absolute Gasteiger partial charge is 0.262 e. The number of hydrogen-bond donors (Lipinski definition) is 2. The first-order chi connectivity index (χ1) is 9.72. The zero-order valence-corrected chi connectivity index (χ0v) is 11.3. The van der Waals surface area contributed by atoms with Crippen molar-refractivity contribution in [3.8, 4) is 5.75 Å². The van der Waals surface area contributed by atoms with E-state index in [1.807, 2.05) is 0 Å². The summed E-state index contributed by atoms with van der Waals surface area (Å²) in [6.45, 7) is 0.377. The Morgan fingerprint density at radius 1 is 1.35 bits per heavy atom. The first-order valence-electron chi connectivity index (χ1n) is 7.05. The molecule has 0 atom stereocenters. The topological polar surface area (TPSA) is 67.4 Å². The van der Waals surface area contributed by atoms with Gasteiger partial charge >= 0.3 is 0 Å². The van der Waals surface area contributed by atoms with Crippen LogP contribution in [0.4, 0.5) is 5.69 Å². The molecule has 20 heavy (non-hydrogen) atoms. The molecule has 0 bridgehead atoms. The number of fused-ring (bicyclic) bond motifs is 1. The van der Waals surface area contributed by atoms with Gasteiger partial charge in [0.25, 0.3) is 5.91 Å². The summed E-state index contributed by atoms with van der Waals surface area (Å²) in [5.41, 5.74) is 1.17. The van der Waals surface area contributed by atoms with Crippen LogP contribution in [0.25, 0.3) is 0 Å². The van der Waals surface area contributed by atoms with Crippen LogP contribution in [0.1, 0.15) is 36.0 Å². The van der Waals surface area contributed by atoms with Crippen LogP contribution in [0.3, 0.4) is 0 Å². The SMILES string of the molecule is O=C1COc2ccc(C(=O)CNC3CCCC3)cc2N1. The van der Waals surface area contributed by atoms with Crippen LogP contribution in [0.5, 0.6) is 5.75 Å². The summed E-state index contributed by atoms with van der Waals surface area (Å²) in [5, 5.41) is 6.02. The van der Waals surface area contributed by atoms with E-state index < -0.39 is 0 Å². The molecule has 1 aliphatic heterocycles. The van der Waals surface area contributed by atoms with Crippen molar-refractivity contribution in [2.75, 3.05) is 18.5 Å². The van der Waals surface area contributed by atoms with Gasteiger partial charge in [-0.3, -0.25) is 9.59 Å². The van der Waals surface area contributed by atoms with Crippen LogP contribution in [0.2, 0.25) is 0 Å². The molecular formula is C15H18N2O3. The van der Waals surface area contributed by atoms with Crippen molar-refractivity contribution in [1.82, 2.24) is 5.32 Å². The second-order valence-electron chi connectivity index (χ2n) is 5.33. The maximum atomic E-state index is 12.2. The van der Waals surface area contributed by atoms with Gasteiger partial charge in [0.1, 0.15) is 5.75 Å². The molecule has 3 rings (SSSR count). The number of ketones is 1. The first-order valence-corrected chi connectivity index (χ1v) is 7.05. The highest BCUT2D eigenvalue weighted by Gasteiger charge is 2.19. The van der Waals surface area contributed by atoms with Crippen molar-refractivity contribution in [1.29, 1.82) is 0 Å². The van der Waals surface area contributed by atoms with Gasteiger partial charge < -0.3 is 15.4 Å². The normalized spacial score (nSPS) is 18.3. The van der Waals surface area contributed by atoms with Crippen molar-refractivity contribution >= 4 is 17.4 Å². The van der Waals surface area contributed by atoms with Crippen molar-refractivity contribution in [2.45, 2.75) is 31.7 Å². The minimum Gasteiger partial charge on any atom is -0.482 e. The number of nitrogens with one attached hydrogen (secondary N) is 2. The fraction of sp³-hybridized carbons (Fsp3) is 0.467. The van der Waals surface area contributed by atoms with Crippen molar-refractivity contribution in [3.63, 3.8) is 0 Å². The Morgan fingerprint density at radius 2 is 2.15 bits per heavy atom. The fourth-order valence-corrected chi connectivity index (χ4v) is 2.73. The van der Waals surface area contributed by atoms with E-state index in [2.05, 4.69) is 10.6 Å². The molecule has 0 unspecified atom stereocenters. The highest BCUT2D eigenvalue weighted by atomic mass is 16.5. The molecule has 1 heterocycles. The Hall–Kier alpha value is -1.88. The fourth-order valence-electron chi connectivity index (χ4n) is 2.73. The van der Waals surface area contributed by atoms with Gasteiger partial charge in [0, 0.05) is 11.6 Å². The molecule has 2 N–H and O–H groups in total. The average Bonchev–Trinajstić information content (AvgIpc) is 2.97. The summed E-state index contributed by atoms with van der Waals surface area (Å²) < 4.78 is 5.27. The second kappa shape index (κ2) is 5.63. The summed E-state index contributed by atoms with van der Waals surface area (Å²) in [5.74, 6) is 0.468. The Morgan fingerprint density at radius 3 is 2.95 bits per heavy atom. The maximum absolute atomic E-state index is 12.2. The number of anilines is 1. The quantitative estimate of drug-likeness (QED) is 0.821. The molecule has 0 radical (unpaired) electrons. The minimum absolute atomic E-state index is 0.0313. The zero-order valence-electron chi connectivity index (χ0n) is 11.3. The lowest BCUT2D eigenvalue weighted by Crippen LogP contribution is -2.31. The lowest BCUT2D eigenvalue weighted by Gasteiger charge is -2.18. The summed E-state index contributed by atoms with van der Waals surface area (Å²) in [6.07, 6.45) is 4.80. The van der Waals surface area contributed by atoms with Crippen LogP contribution in [0, 0.1) is 0 Å². The van der Waals surface area contributed by atoms with Crippen LogP contribution in [-0.2, 0) is 4.79 Å². The largest absolute Gasteiger partial charge is 0.482 e. The maximum Gasteiger partial charge on any atom is 0.262 e. The van der Waals surface area contributed by atoms with Gasteiger partial charge in [-0.15, -0.1) is 0 Å². The summed E-state index contributed by atoms with van der Waals surface area (Å²) in [4.78, 5) is 23.4. The van der Waals surface area contributed by atoms with E-state index in [0.29, 0.717) is 29.6 Å². The van der Waals surface area contributed by atoms with E-state index in [0.717, 1.165) is 12.8 Å². The van der Waals surface area contributed by atoms with Gasteiger partial charge in [-0.05, 0) is 31.0 Å². The van der Waals surface area contributed by atoms with E-state index in [-0.39, 0.29) is 18.3 Å². The lowest BCUT2D eigenvalue weighted by atomic mass is 10.1. The zero-order chi connectivity index (χ0) is 13.9. The molecule has 1 aromatic rings. The van der Waals surface area contributed by atoms with Gasteiger partial charge in [-0.1, -0.05) is 12.8 Å². The van der Waals surface area contributed by atoms with Gasteiger partial charge in [0.05, 0.1) is 12.2 Å². The number of amides is 1. The van der Waals surface area contributed by atoms with E-state index >= 15 is 0 Å². The van der Waals surface area contributed by atoms with E-state index in [4.69, 9.17) is 4.74 Å². The molecule has 106 valence electrons. The molecule has 5 heteroatoms. The number of carbonyl (C=O) groups excluding carboxylic acids is 2. The van der Waals surface area contributed by atoms with Crippen molar-refractivity contribution in [2.24, 2.45) is 0 Å². The molecule has 2 aliphatic rings. The minimum atomic E-state index is -0.189. The first kappa shape index (κ1) is 13.1. The average molecular weight is 274 g/mol. The highest BCUT2D eigenvalue weighted by molar-refractivity contribution is 6.01. The number of ether oxygens (including phenoxy) is 1. The molecule has 0 saturated heterocycles. The third-order valence-corrected chi connectivity index (χ3v) is 3.84. The molecule has 1 amide bonds. The van der Waals surface area contributed by atoms with Crippen LogP contribution in [0.15, 0.2) is 18.2 Å². The third kappa shape index (κ3) is 2.82. The number of rotatable bonds is 4. The predicted molar refractivity (Wildman–Crippen MR) is 75.2 cm³/mol. The molecular weight excluding hydrogens is 256 g/mol. The van der Waals surface area contributed by atoms with E-state index in [1.165, 1.54) is 12.8 Å². The molecule has 1 saturated carbocycles. The molecule has 1 fully saturated rings. The lowest BCUT2D eigenvalue weighted by molar-refractivity contribution is -0.118. The molecule has 5 nitrogen and oxygen atoms in total. The molecule has 1 aromatic carbocycles. The van der Waals surface area contributed by atoms with Crippen LogP contribution in [-0.4, -0.2) is 30.9 Å². The summed E-state index contributed by atoms with van der Waals surface area (Å²) >= 11 is 0. The molecule has 1 aliphatic carbocycles. The number of hydrogen-bond acceptors (Lipinski definition) is 4. The van der Waals surface area contributed by atoms with Gasteiger partial charge in [-0.25, -0.2) is 0 Å². The standard InChI is InChI=1S/C15H18N2O3/c18-13(8-16-11-3-1-2-4-11)10-5-6-14-12(7-10)17-15(19)9-20-14/h5-7,11,16H,1-4,8-9H2,(H,17,19). The Labute approximate surface area is 117 Å². The Kier molecular flexibility index (Phi) is 3.69. The number of benzene rings is 1. The van der Waals surface area contributed by atoms with Crippen LogP contribution >= 0.6 is 0 Å². The van der Waals surface area contributed by atoms with Crippen molar-refractivity contribution < 1.29 is 14.3 Å². The van der Waals surface area contributed by atoms with Gasteiger partial charge in [-0.2, -0.15) is 0 Å². The Bertz CT molecular complexity index is 536. The van der Waals surface area contributed by atoms with Crippen molar-refractivity contribution in [3.05, 3.63) is 23.8 Å². The molecule has 0 aromatic heterocycles. The van der Waals surface area contributed by atoms with Crippen LogP contribution < -0.4 is 15.4 Å². The summed E-state index contributed by atoms with van der Waals surface area (Å²) in [6, 6.07) is 5.64. The van der Waals surface area contributed by atoms with Gasteiger partial charge in [0.2, 0.25) is 0 Å². The predicted octanol–water partition coefficient (Wildman–Crippen LogP) is 1.73. The highest BCUT2D eigenvalue weighted by Crippen LogP contribution is 2.28. The number of Topliss-reactive ketones (excluding diaryl/α,β-unsaturated/α-hetero) is 1. The van der Waals surface area contributed by atoms with E-state index in [9.17, 15) is 9.59 Å². The molecule has 0 spiro atoms. The number of carbonyl (C=O) groups is 2. The Balaban J connectivity index is 1.65. The second-order valence-corrected chi connectivity index (χ2v) is 5.33.